The van der Waals surface area contributed by atoms with E-state index in [0.29, 0.717) is 24.5 Å². The van der Waals surface area contributed by atoms with Gasteiger partial charge in [-0.1, -0.05) is 19.9 Å². The molecule has 0 saturated carbocycles. The first-order valence-corrected chi connectivity index (χ1v) is 10.4. The number of nitrogen functional groups attached to an aromatic ring is 1. The maximum atomic E-state index is 13.3. The maximum Gasteiger partial charge on any atom is 0.222 e. The number of anilines is 2. The number of nitrogens with one attached hydrogen (secondary N) is 3. The number of nitrogens with two attached hydrogens (primary N) is 1. The average Bonchev–Trinajstić information content (AvgIpc) is 2.74. The summed E-state index contributed by atoms with van der Waals surface area (Å²) in [6.45, 7) is 6.47. The number of amides is 1. The first-order chi connectivity index (χ1) is 14.3. The van der Waals surface area contributed by atoms with Gasteiger partial charge in [-0.3, -0.25) is 9.79 Å². The minimum Gasteiger partial charge on any atom is -0.396 e. The molecule has 3 atom stereocenters. The third kappa shape index (κ3) is 5.24. The van der Waals surface area contributed by atoms with E-state index in [0.717, 1.165) is 30.8 Å². The summed E-state index contributed by atoms with van der Waals surface area (Å²) in [4.78, 5) is 20.6. The van der Waals surface area contributed by atoms with E-state index in [-0.39, 0.29) is 29.1 Å². The number of amidine groups is 1. The number of aliphatic imine (C=N–C) groups is 1. The molecule has 0 radical (unpaired) electrons. The fourth-order valence-corrected chi connectivity index (χ4v) is 3.75. The molecule has 1 amide bonds. The van der Waals surface area contributed by atoms with Gasteiger partial charge in [0.1, 0.15) is 11.7 Å². The average molecular weight is 415 g/mol. The topological polar surface area (TPSA) is 104 Å². The molecular formula is C22H31FN6O. The minimum atomic E-state index is -0.208. The van der Waals surface area contributed by atoms with Crippen molar-refractivity contribution < 1.29 is 9.18 Å². The van der Waals surface area contributed by atoms with E-state index >= 15 is 0 Å². The lowest BCUT2D eigenvalue weighted by atomic mass is 9.72. The summed E-state index contributed by atoms with van der Waals surface area (Å²) < 4.78 is 13.3. The summed E-state index contributed by atoms with van der Waals surface area (Å²) in [5.41, 5.74) is 13.6. The molecule has 1 fully saturated rings. The molecule has 2 aliphatic rings. The van der Waals surface area contributed by atoms with Gasteiger partial charge in [-0.15, -0.1) is 0 Å². The van der Waals surface area contributed by atoms with Crippen LogP contribution in [0.3, 0.4) is 0 Å². The Morgan fingerprint density at radius 1 is 1.47 bits per heavy atom. The van der Waals surface area contributed by atoms with Gasteiger partial charge in [0.25, 0.3) is 0 Å². The Balaban J connectivity index is 1.60. The van der Waals surface area contributed by atoms with E-state index in [4.69, 9.17) is 10.7 Å². The van der Waals surface area contributed by atoms with Crippen molar-refractivity contribution in [3.05, 3.63) is 41.9 Å². The predicted octanol–water partition coefficient (Wildman–Crippen LogP) is 3.80. The van der Waals surface area contributed by atoms with E-state index in [2.05, 4.69) is 35.0 Å². The van der Waals surface area contributed by atoms with Crippen LogP contribution in [0.1, 0.15) is 58.2 Å². The van der Waals surface area contributed by atoms with Gasteiger partial charge in [0.05, 0.1) is 17.4 Å². The highest BCUT2D eigenvalue weighted by atomic mass is 19.1. The number of nitrogens with zero attached hydrogens (tertiary/aromatic N) is 2. The number of hydrogen-bond acceptors (Lipinski definition) is 5. The predicted molar refractivity (Wildman–Crippen MR) is 118 cm³/mol. The number of pyridine rings is 1. The van der Waals surface area contributed by atoms with Gasteiger partial charge in [0.2, 0.25) is 5.91 Å². The van der Waals surface area contributed by atoms with Crippen molar-refractivity contribution in [2.24, 2.45) is 16.3 Å². The van der Waals surface area contributed by atoms with Crippen LogP contribution >= 0.6 is 0 Å². The van der Waals surface area contributed by atoms with Crippen LogP contribution in [-0.2, 0) is 4.79 Å². The molecule has 1 aliphatic carbocycles. The number of aromatic nitrogens is 1. The van der Waals surface area contributed by atoms with Gasteiger partial charge < -0.3 is 16.5 Å². The lowest BCUT2D eigenvalue weighted by Crippen LogP contribution is -2.45. The van der Waals surface area contributed by atoms with Crippen LogP contribution < -0.4 is 21.9 Å². The number of hydrazine groups is 1. The molecule has 1 aromatic rings. The van der Waals surface area contributed by atoms with Crippen molar-refractivity contribution in [2.75, 3.05) is 17.6 Å². The fraction of sp³-hybridized carbons (Fsp3) is 0.500. The Morgan fingerprint density at radius 2 is 2.27 bits per heavy atom. The first kappa shape index (κ1) is 22.0. The highest BCUT2D eigenvalue weighted by Gasteiger charge is 2.32. The van der Waals surface area contributed by atoms with Crippen molar-refractivity contribution >= 4 is 23.2 Å². The molecule has 1 aromatic heterocycles. The molecule has 0 aromatic carbocycles. The second kappa shape index (κ2) is 9.38. The second-order valence-electron chi connectivity index (χ2n) is 8.28. The summed E-state index contributed by atoms with van der Waals surface area (Å²) in [5.74, 6) is 1.21. The molecule has 162 valence electrons. The van der Waals surface area contributed by atoms with Gasteiger partial charge in [-0.05, 0) is 54.9 Å². The normalized spacial score (nSPS) is 24.7. The van der Waals surface area contributed by atoms with Crippen LogP contribution in [-0.4, -0.2) is 23.3 Å². The Bertz CT molecular complexity index is 870. The number of allylic oxidation sites excluding steroid dienone is 4. The van der Waals surface area contributed by atoms with Crippen LogP contribution in [0.4, 0.5) is 15.9 Å². The van der Waals surface area contributed by atoms with Gasteiger partial charge in [-0.2, -0.15) is 0 Å². The lowest BCUT2D eigenvalue weighted by Gasteiger charge is -2.35. The standard InChI is InChI=1S/C22H31FN6O/c1-4-22(3,15-5-7-16(23)8-6-15)13-25-20-12-11-19(28-29-20)18-10-9-17(24)21(27-18)26-14(2)30/h5,7-10,15,19,28H,4,6,11-13,24H2,1-3H3,(H,25,29)(H,26,27,30). The van der Waals surface area contributed by atoms with E-state index in [1.807, 2.05) is 12.1 Å². The van der Waals surface area contributed by atoms with Gasteiger partial charge in [0, 0.05) is 19.9 Å². The number of rotatable bonds is 6. The first-order valence-electron chi connectivity index (χ1n) is 10.4. The molecule has 5 N–H and O–H groups in total. The Hall–Kier alpha value is -2.74. The van der Waals surface area contributed by atoms with Crippen molar-refractivity contribution in [1.29, 1.82) is 0 Å². The third-order valence-corrected chi connectivity index (χ3v) is 6.05. The molecular weight excluding hydrogens is 383 g/mol. The summed E-state index contributed by atoms with van der Waals surface area (Å²) in [6, 6.07) is 3.60. The van der Waals surface area contributed by atoms with E-state index in [1.165, 1.54) is 6.92 Å². The van der Waals surface area contributed by atoms with Crippen molar-refractivity contribution in [1.82, 2.24) is 15.8 Å². The summed E-state index contributed by atoms with van der Waals surface area (Å²) in [6.07, 6.45) is 8.48. The molecule has 2 heterocycles. The Morgan fingerprint density at radius 3 is 2.87 bits per heavy atom. The monoisotopic (exact) mass is 414 g/mol. The molecule has 3 unspecified atom stereocenters. The SMILES string of the molecule is CCC(C)(CN=C1CCC(c2ccc(N)c(NC(C)=O)n2)NN1)C1C=CC(F)=CC1. The second-order valence-corrected chi connectivity index (χ2v) is 8.28. The summed E-state index contributed by atoms with van der Waals surface area (Å²) in [5, 5.41) is 2.66. The highest BCUT2D eigenvalue weighted by molar-refractivity contribution is 5.90. The molecule has 30 heavy (non-hydrogen) atoms. The van der Waals surface area contributed by atoms with Crippen molar-refractivity contribution in [2.45, 2.75) is 52.5 Å². The fourth-order valence-electron chi connectivity index (χ4n) is 3.75. The minimum absolute atomic E-state index is 0.0102. The molecule has 8 heteroatoms. The molecule has 1 saturated heterocycles. The molecule has 0 spiro atoms. The number of hydrogen-bond donors (Lipinski definition) is 4. The Kier molecular flexibility index (Phi) is 6.87. The highest BCUT2D eigenvalue weighted by Crippen LogP contribution is 2.38. The number of carbonyl (C=O) groups is 1. The van der Waals surface area contributed by atoms with Gasteiger partial charge in [0.15, 0.2) is 5.82 Å². The zero-order valence-electron chi connectivity index (χ0n) is 17.8. The molecule has 0 bridgehead atoms. The van der Waals surface area contributed by atoms with Crippen LogP contribution in [0, 0.1) is 11.3 Å². The molecule has 7 nitrogen and oxygen atoms in total. The zero-order valence-corrected chi connectivity index (χ0v) is 17.8. The van der Waals surface area contributed by atoms with E-state index < -0.39 is 0 Å². The zero-order chi connectivity index (χ0) is 21.7. The third-order valence-electron chi connectivity index (χ3n) is 6.05. The van der Waals surface area contributed by atoms with E-state index in [1.54, 1.807) is 18.2 Å². The number of halogens is 1. The molecule has 1 aliphatic heterocycles. The Labute approximate surface area is 177 Å². The van der Waals surface area contributed by atoms with Crippen molar-refractivity contribution in [3.63, 3.8) is 0 Å². The van der Waals surface area contributed by atoms with Crippen LogP contribution in [0.15, 0.2) is 41.2 Å². The van der Waals surface area contributed by atoms with Crippen LogP contribution in [0.25, 0.3) is 0 Å². The smallest absolute Gasteiger partial charge is 0.222 e. The quantitative estimate of drug-likeness (QED) is 0.567. The van der Waals surface area contributed by atoms with Gasteiger partial charge in [-0.25, -0.2) is 14.8 Å². The van der Waals surface area contributed by atoms with E-state index in [9.17, 15) is 9.18 Å². The number of carbonyl (C=O) groups excluding carboxylic acids is 1. The summed E-state index contributed by atoms with van der Waals surface area (Å²) >= 11 is 0. The van der Waals surface area contributed by atoms with Crippen molar-refractivity contribution in [3.8, 4) is 0 Å². The summed E-state index contributed by atoms with van der Waals surface area (Å²) in [7, 11) is 0. The molecule has 3 rings (SSSR count). The largest absolute Gasteiger partial charge is 0.396 e. The maximum absolute atomic E-state index is 13.3. The van der Waals surface area contributed by atoms with Crippen LogP contribution in [0.5, 0.6) is 0 Å². The van der Waals surface area contributed by atoms with Gasteiger partial charge >= 0.3 is 0 Å². The van der Waals surface area contributed by atoms with Crippen LogP contribution in [0.2, 0.25) is 0 Å². The lowest BCUT2D eigenvalue weighted by molar-refractivity contribution is -0.114.